The molecule has 0 radical (unpaired) electrons. The van der Waals surface area contributed by atoms with E-state index in [0.717, 1.165) is 0 Å². The van der Waals surface area contributed by atoms with Gasteiger partial charge in [0, 0.05) is 13.1 Å². The molecule has 23 heavy (non-hydrogen) atoms. The molecular formula is C15H21NO6S. The average molecular weight is 343 g/mol. The Balaban J connectivity index is 1.97. The molecule has 1 aliphatic rings. The van der Waals surface area contributed by atoms with Gasteiger partial charge in [0.1, 0.15) is 5.75 Å². The minimum Gasteiger partial charge on any atom is -0.482 e. The number of hydrogen-bond acceptors (Lipinski definition) is 6. The Labute approximate surface area is 136 Å². The lowest BCUT2D eigenvalue weighted by Crippen LogP contribution is -2.40. The van der Waals surface area contributed by atoms with Gasteiger partial charge in [-0.05, 0) is 38.1 Å². The summed E-state index contributed by atoms with van der Waals surface area (Å²) < 4.78 is 41.7. The molecular weight excluding hydrogens is 322 g/mol. The second kappa shape index (κ2) is 7.76. The smallest absolute Gasteiger partial charge is 0.344 e. The van der Waals surface area contributed by atoms with Crippen molar-refractivity contribution in [1.82, 2.24) is 4.31 Å². The third kappa shape index (κ3) is 4.92. The van der Waals surface area contributed by atoms with E-state index in [1.54, 1.807) is 13.8 Å². The highest BCUT2D eigenvalue weighted by Gasteiger charge is 2.26. The van der Waals surface area contributed by atoms with Crippen LogP contribution in [0.4, 0.5) is 0 Å². The minimum atomic E-state index is -3.52. The molecule has 0 bridgehead atoms. The number of esters is 1. The molecule has 0 saturated carbocycles. The molecule has 1 aromatic rings. The molecule has 0 spiro atoms. The van der Waals surface area contributed by atoms with E-state index in [0.29, 0.717) is 32.1 Å². The first kappa shape index (κ1) is 17.7. The number of benzene rings is 1. The lowest BCUT2D eigenvalue weighted by atomic mass is 10.3. The van der Waals surface area contributed by atoms with Gasteiger partial charge in [-0.3, -0.25) is 0 Å². The van der Waals surface area contributed by atoms with E-state index in [1.807, 2.05) is 0 Å². The maximum Gasteiger partial charge on any atom is 0.344 e. The van der Waals surface area contributed by atoms with Gasteiger partial charge in [0.25, 0.3) is 0 Å². The first-order valence-corrected chi connectivity index (χ1v) is 8.84. The summed E-state index contributed by atoms with van der Waals surface area (Å²) in [6.45, 7) is 4.79. The van der Waals surface area contributed by atoms with Gasteiger partial charge < -0.3 is 14.2 Å². The highest BCUT2D eigenvalue weighted by atomic mass is 32.2. The Hall–Kier alpha value is -1.64. The molecule has 0 aliphatic carbocycles. The van der Waals surface area contributed by atoms with Crippen LogP contribution in [-0.2, 0) is 24.3 Å². The summed E-state index contributed by atoms with van der Waals surface area (Å²) in [4.78, 5) is 11.6. The maximum atomic E-state index is 12.4. The van der Waals surface area contributed by atoms with Crippen molar-refractivity contribution in [2.75, 3.05) is 32.9 Å². The lowest BCUT2D eigenvalue weighted by Gasteiger charge is -2.26. The van der Waals surface area contributed by atoms with Crippen molar-refractivity contribution in [3.63, 3.8) is 0 Å². The number of ether oxygens (including phenoxy) is 3. The summed E-state index contributed by atoms with van der Waals surface area (Å²) in [5, 5.41) is 0. The predicted octanol–water partition coefficient (Wildman–Crippen LogP) is 1.04. The van der Waals surface area contributed by atoms with Crippen LogP contribution < -0.4 is 4.74 Å². The summed E-state index contributed by atoms with van der Waals surface area (Å²) in [7, 11) is -3.52. The van der Waals surface area contributed by atoms with E-state index in [9.17, 15) is 13.2 Å². The van der Waals surface area contributed by atoms with Gasteiger partial charge >= 0.3 is 5.97 Å². The first-order chi connectivity index (χ1) is 10.9. The zero-order valence-corrected chi connectivity index (χ0v) is 14.0. The highest BCUT2D eigenvalue weighted by Crippen LogP contribution is 2.20. The second-order valence-corrected chi connectivity index (χ2v) is 7.25. The fraction of sp³-hybridized carbons (Fsp3) is 0.533. The molecule has 1 aromatic carbocycles. The zero-order chi connectivity index (χ0) is 16.9. The normalized spacial score (nSPS) is 16.3. The summed E-state index contributed by atoms with van der Waals surface area (Å²) in [6, 6.07) is 5.98. The molecule has 0 atom stereocenters. The Morgan fingerprint density at radius 2 is 1.83 bits per heavy atom. The minimum absolute atomic E-state index is 0.191. The fourth-order valence-electron chi connectivity index (χ4n) is 2.08. The van der Waals surface area contributed by atoms with Crippen molar-refractivity contribution in [2.45, 2.75) is 24.8 Å². The van der Waals surface area contributed by atoms with E-state index in [1.165, 1.54) is 28.6 Å². The molecule has 0 N–H and O–H groups in total. The molecule has 1 saturated heterocycles. The molecule has 0 aromatic heterocycles. The molecule has 128 valence electrons. The van der Waals surface area contributed by atoms with E-state index in [4.69, 9.17) is 14.2 Å². The van der Waals surface area contributed by atoms with Crippen LogP contribution in [0.2, 0.25) is 0 Å². The van der Waals surface area contributed by atoms with Crippen LogP contribution in [0.15, 0.2) is 29.2 Å². The summed E-state index contributed by atoms with van der Waals surface area (Å²) >= 11 is 0. The topological polar surface area (TPSA) is 82.1 Å². The predicted molar refractivity (Wildman–Crippen MR) is 82.7 cm³/mol. The number of sulfonamides is 1. The zero-order valence-electron chi connectivity index (χ0n) is 13.2. The number of hydrogen-bond donors (Lipinski definition) is 0. The maximum absolute atomic E-state index is 12.4. The van der Waals surface area contributed by atoms with Gasteiger partial charge in [0.05, 0.1) is 24.2 Å². The second-order valence-electron chi connectivity index (χ2n) is 5.32. The molecule has 1 aliphatic heterocycles. The number of morpholine rings is 1. The Bertz CT molecular complexity index is 620. The lowest BCUT2D eigenvalue weighted by molar-refractivity contribution is -0.149. The third-order valence-electron chi connectivity index (χ3n) is 3.16. The van der Waals surface area contributed by atoms with Gasteiger partial charge in [-0.2, -0.15) is 4.31 Å². The number of carbonyl (C=O) groups is 1. The molecule has 7 nitrogen and oxygen atoms in total. The van der Waals surface area contributed by atoms with Crippen LogP contribution in [0.5, 0.6) is 5.75 Å². The summed E-state index contributed by atoms with van der Waals surface area (Å²) in [5.74, 6) is -0.0587. The molecule has 8 heteroatoms. The quantitative estimate of drug-likeness (QED) is 0.718. The Kier molecular flexibility index (Phi) is 5.97. The van der Waals surface area contributed by atoms with E-state index >= 15 is 0 Å². The van der Waals surface area contributed by atoms with Crippen molar-refractivity contribution < 1.29 is 27.4 Å². The van der Waals surface area contributed by atoms with Gasteiger partial charge in [-0.1, -0.05) is 0 Å². The number of rotatable bonds is 6. The van der Waals surface area contributed by atoms with Crippen molar-refractivity contribution in [2.24, 2.45) is 0 Å². The van der Waals surface area contributed by atoms with Crippen LogP contribution in [0.1, 0.15) is 13.8 Å². The van der Waals surface area contributed by atoms with Crippen LogP contribution in [0, 0.1) is 0 Å². The largest absolute Gasteiger partial charge is 0.482 e. The van der Waals surface area contributed by atoms with Crippen LogP contribution in [0.3, 0.4) is 0 Å². The monoisotopic (exact) mass is 343 g/mol. The van der Waals surface area contributed by atoms with E-state index in [-0.39, 0.29) is 17.6 Å². The molecule has 1 fully saturated rings. The first-order valence-electron chi connectivity index (χ1n) is 7.40. The van der Waals surface area contributed by atoms with Crippen LogP contribution >= 0.6 is 0 Å². The highest BCUT2D eigenvalue weighted by molar-refractivity contribution is 7.89. The third-order valence-corrected chi connectivity index (χ3v) is 5.07. The van der Waals surface area contributed by atoms with Crippen molar-refractivity contribution >= 4 is 16.0 Å². The van der Waals surface area contributed by atoms with E-state index in [2.05, 4.69) is 0 Å². The standard InChI is InChI=1S/C15H21NO6S/c1-12(2)22-15(17)11-21-13-3-5-14(6-4-13)23(18,19)16-7-9-20-10-8-16/h3-6,12H,7-11H2,1-2H3. The Morgan fingerprint density at radius 3 is 2.39 bits per heavy atom. The van der Waals surface area contributed by atoms with Gasteiger partial charge in [-0.15, -0.1) is 0 Å². The van der Waals surface area contributed by atoms with Gasteiger partial charge in [0.15, 0.2) is 6.61 Å². The summed E-state index contributed by atoms with van der Waals surface area (Å²) in [5.41, 5.74) is 0. The molecule has 1 heterocycles. The average Bonchev–Trinajstić information content (AvgIpc) is 2.53. The van der Waals surface area contributed by atoms with Crippen LogP contribution in [-0.4, -0.2) is 57.7 Å². The van der Waals surface area contributed by atoms with E-state index < -0.39 is 16.0 Å². The fourth-order valence-corrected chi connectivity index (χ4v) is 3.49. The molecule has 0 amide bonds. The van der Waals surface area contributed by atoms with Crippen molar-refractivity contribution in [1.29, 1.82) is 0 Å². The van der Waals surface area contributed by atoms with Crippen molar-refractivity contribution in [3.05, 3.63) is 24.3 Å². The molecule has 0 unspecified atom stereocenters. The van der Waals surface area contributed by atoms with Gasteiger partial charge in [0.2, 0.25) is 10.0 Å². The van der Waals surface area contributed by atoms with Gasteiger partial charge in [-0.25, -0.2) is 13.2 Å². The molecule has 2 rings (SSSR count). The van der Waals surface area contributed by atoms with Crippen LogP contribution in [0.25, 0.3) is 0 Å². The van der Waals surface area contributed by atoms with Crippen molar-refractivity contribution in [3.8, 4) is 5.75 Å². The summed E-state index contributed by atoms with van der Waals surface area (Å²) in [6.07, 6.45) is -0.202. The number of carbonyl (C=O) groups excluding carboxylic acids is 1. The SMILES string of the molecule is CC(C)OC(=O)COc1ccc(S(=O)(=O)N2CCOCC2)cc1. The number of nitrogens with zero attached hydrogens (tertiary/aromatic N) is 1. The Morgan fingerprint density at radius 1 is 1.22 bits per heavy atom.